The van der Waals surface area contributed by atoms with Crippen molar-refractivity contribution in [2.45, 2.75) is 0 Å². The predicted octanol–water partition coefficient (Wildman–Crippen LogP) is 2.03. The van der Waals surface area contributed by atoms with Gasteiger partial charge in [-0.1, -0.05) is 24.3 Å². The van der Waals surface area contributed by atoms with Gasteiger partial charge in [-0.05, 0) is 12.1 Å². The van der Waals surface area contributed by atoms with Crippen LogP contribution in [0.5, 0.6) is 5.75 Å². The summed E-state index contributed by atoms with van der Waals surface area (Å²) in [5.41, 5.74) is 0. The van der Waals surface area contributed by atoms with E-state index in [1.807, 2.05) is 12.2 Å². The molecule has 0 heterocycles. The molecular weight excluding hydrogens is 305 g/mol. The third kappa shape index (κ3) is 9.81. The summed E-state index contributed by atoms with van der Waals surface area (Å²) < 4.78 is 18.6. The van der Waals surface area contributed by atoms with Crippen LogP contribution < -0.4 is 4.74 Å². The summed E-state index contributed by atoms with van der Waals surface area (Å²) in [5, 5.41) is 14.8. The van der Waals surface area contributed by atoms with E-state index in [0.29, 0.717) is 18.9 Å². The number of benzene rings is 1. The fraction of sp³-hybridized carbons (Fsp3) is 0.250. The monoisotopic (exact) mass is 325 g/mol. The normalized spacial score (nSPS) is 9.48. The molecule has 6 nitrogen and oxygen atoms in total. The molecule has 0 saturated carbocycles. The lowest BCUT2D eigenvalue weighted by Crippen LogP contribution is -2.28. The van der Waals surface area contributed by atoms with Gasteiger partial charge in [0.2, 0.25) is 0 Å². The van der Waals surface area contributed by atoms with E-state index in [1.54, 1.807) is 18.2 Å². The van der Waals surface area contributed by atoms with Gasteiger partial charge in [-0.25, -0.2) is 14.0 Å². The first kappa shape index (κ1) is 20.3. The maximum Gasteiger partial charge on any atom is 0.414 e. The van der Waals surface area contributed by atoms with Crippen molar-refractivity contribution in [2.75, 3.05) is 26.2 Å². The predicted molar refractivity (Wildman–Crippen MR) is 84.0 cm³/mol. The quantitative estimate of drug-likeness (QED) is 0.562. The van der Waals surface area contributed by atoms with E-state index in [2.05, 4.69) is 18.1 Å². The largest absolute Gasteiger partial charge is 0.489 e. The molecule has 1 aromatic carbocycles. The van der Waals surface area contributed by atoms with Gasteiger partial charge in [-0.3, -0.25) is 4.90 Å². The lowest BCUT2D eigenvalue weighted by Gasteiger charge is -2.18. The Morgan fingerprint density at radius 3 is 2.09 bits per heavy atom. The summed E-state index contributed by atoms with van der Waals surface area (Å²) in [6.07, 6.45) is 3.65. The van der Waals surface area contributed by atoms with Crippen molar-refractivity contribution in [3.05, 3.63) is 55.4 Å². The van der Waals surface area contributed by atoms with Crippen LogP contribution in [0.4, 0.5) is 4.39 Å². The number of halogens is 1. The highest BCUT2D eigenvalue weighted by Crippen LogP contribution is 2.14. The van der Waals surface area contributed by atoms with Crippen LogP contribution in [0.2, 0.25) is 0 Å². The molecule has 0 aliphatic rings. The van der Waals surface area contributed by atoms with Crippen LogP contribution in [0.1, 0.15) is 0 Å². The summed E-state index contributed by atoms with van der Waals surface area (Å²) in [7, 11) is 0. The summed E-state index contributed by atoms with van der Waals surface area (Å²) in [6, 6.07) is 6.41. The molecule has 0 unspecified atom stereocenters. The Bertz CT molecular complexity index is 511. The van der Waals surface area contributed by atoms with E-state index in [9.17, 15) is 4.39 Å². The number of aliphatic carboxylic acids is 2. The fourth-order valence-corrected chi connectivity index (χ4v) is 1.47. The van der Waals surface area contributed by atoms with Crippen LogP contribution in [-0.2, 0) is 9.59 Å². The number of hydrogen-bond acceptors (Lipinski definition) is 4. The number of carbonyl (C=O) groups is 2. The van der Waals surface area contributed by atoms with Gasteiger partial charge in [0.25, 0.3) is 0 Å². The minimum absolute atomic E-state index is 0.296. The average Bonchev–Trinajstić information content (AvgIpc) is 2.50. The number of nitrogens with zero attached hydrogens (tertiary/aromatic N) is 1. The summed E-state index contributed by atoms with van der Waals surface area (Å²) >= 11 is 0. The number of rotatable bonds is 8. The van der Waals surface area contributed by atoms with E-state index < -0.39 is 11.9 Å². The Morgan fingerprint density at radius 2 is 1.65 bits per heavy atom. The molecule has 2 N–H and O–H groups in total. The van der Waals surface area contributed by atoms with Crippen LogP contribution in [0.15, 0.2) is 49.6 Å². The Balaban J connectivity index is 0.000000688. The van der Waals surface area contributed by atoms with E-state index in [-0.39, 0.29) is 5.82 Å². The minimum Gasteiger partial charge on any atom is -0.489 e. The number of ether oxygens (including phenoxy) is 1. The number of hydrogen-bond donors (Lipinski definition) is 2. The molecule has 1 rings (SSSR count). The zero-order valence-electron chi connectivity index (χ0n) is 12.7. The maximum absolute atomic E-state index is 13.2. The fourth-order valence-electron chi connectivity index (χ4n) is 1.47. The highest BCUT2D eigenvalue weighted by molar-refractivity contribution is 6.27. The molecule has 0 fully saturated rings. The molecule has 0 aromatic heterocycles. The van der Waals surface area contributed by atoms with Crippen molar-refractivity contribution in [3.8, 4) is 5.75 Å². The van der Waals surface area contributed by atoms with Gasteiger partial charge >= 0.3 is 11.9 Å². The molecule has 0 aliphatic heterocycles. The molecule has 0 bridgehead atoms. The van der Waals surface area contributed by atoms with Crippen LogP contribution in [0.3, 0.4) is 0 Å². The minimum atomic E-state index is -1.82. The first-order chi connectivity index (χ1) is 10.9. The van der Waals surface area contributed by atoms with Crippen molar-refractivity contribution in [3.63, 3.8) is 0 Å². The molecule has 0 spiro atoms. The standard InChI is InChI=1S/C14H18FNO.C2H2O4/c1-3-9-16(10-4-2)11-12-17-14-8-6-5-7-13(14)15;3-1(4)2(5)6/h3-8H,1-2,9-12H2;(H,3,4)(H,5,6). The van der Waals surface area contributed by atoms with Crippen LogP contribution in [0, 0.1) is 5.82 Å². The highest BCUT2D eigenvalue weighted by Gasteiger charge is 2.04. The second-order valence-corrected chi connectivity index (χ2v) is 4.23. The van der Waals surface area contributed by atoms with Gasteiger partial charge in [-0.15, -0.1) is 13.2 Å². The summed E-state index contributed by atoms with van der Waals surface area (Å²) in [4.78, 5) is 20.3. The van der Waals surface area contributed by atoms with Crippen molar-refractivity contribution in [1.29, 1.82) is 0 Å². The topological polar surface area (TPSA) is 87.1 Å². The third-order valence-corrected chi connectivity index (χ3v) is 2.46. The van der Waals surface area contributed by atoms with Gasteiger partial charge in [-0.2, -0.15) is 0 Å². The second kappa shape index (κ2) is 11.9. The van der Waals surface area contributed by atoms with Gasteiger partial charge in [0.05, 0.1) is 0 Å². The lowest BCUT2D eigenvalue weighted by atomic mass is 10.3. The molecule has 0 amide bonds. The lowest BCUT2D eigenvalue weighted by molar-refractivity contribution is -0.159. The SMILES string of the molecule is C=CCN(CC=C)CCOc1ccccc1F.O=C(O)C(=O)O. The van der Waals surface area contributed by atoms with Gasteiger partial charge in [0.1, 0.15) is 6.61 Å². The van der Waals surface area contributed by atoms with Gasteiger partial charge in [0.15, 0.2) is 11.6 Å². The van der Waals surface area contributed by atoms with E-state index >= 15 is 0 Å². The first-order valence-electron chi connectivity index (χ1n) is 6.70. The zero-order chi connectivity index (χ0) is 17.7. The molecular formula is C16H20FNO5. The molecule has 0 saturated heterocycles. The summed E-state index contributed by atoms with van der Waals surface area (Å²) in [6.45, 7) is 10.1. The molecule has 0 radical (unpaired) electrons. The second-order valence-electron chi connectivity index (χ2n) is 4.23. The molecule has 1 aromatic rings. The van der Waals surface area contributed by atoms with Crippen molar-refractivity contribution < 1.29 is 28.9 Å². The van der Waals surface area contributed by atoms with Crippen molar-refractivity contribution in [2.24, 2.45) is 0 Å². The molecule has 0 atom stereocenters. The smallest absolute Gasteiger partial charge is 0.414 e. The zero-order valence-corrected chi connectivity index (χ0v) is 12.7. The van der Waals surface area contributed by atoms with E-state index in [0.717, 1.165) is 13.1 Å². The number of carboxylic acids is 2. The summed E-state index contributed by atoms with van der Waals surface area (Å²) in [5.74, 6) is -3.68. The van der Waals surface area contributed by atoms with Gasteiger partial charge < -0.3 is 14.9 Å². The number of para-hydroxylation sites is 1. The Hall–Kier alpha value is -2.67. The van der Waals surface area contributed by atoms with E-state index in [4.69, 9.17) is 24.5 Å². The van der Waals surface area contributed by atoms with Crippen LogP contribution in [0.25, 0.3) is 0 Å². The Labute approximate surface area is 134 Å². The van der Waals surface area contributed by atoms with Crippen molar-refractivity contribution in [1.82, 2.24) is 4.90 Å². The van der Waals surface area contributed by atoms with E-state index in [1.165, 1.54) is 6.07 Å². The van der Waals surface area contributed by atoms with Crippen LogP contribution in [-0.4, -0.2) is 53.3 Å². The molecule has 0 aliphatic carbocycles. The Morgan fingerprint density at radius 1 is 1.13 bits per heavy atom. The molecule has 126 valence electrons. The first-order valence-corrected chi connectivity index (χ1v) is 6.70. The average molecular weight is 325 g/mol. The molecule has 7 heteroatoms. The highest BCUT2D eigenvalue weighted by atomic mass is 19.1. The Kier molecular flexibility index (Phi) is 10.5. The number of carboxylic acid groups (broad SMARTS) is 2. The third-order valence-electron chi connectivity index (χ3n) is 2.46. The molecule has 23 heavy (non-hydrogen) atoms. The maximum atomic E-state index is 13.2. The van der Waals surface area contributed by atoms with Crippen LogP contribution >= 0.6 is 0 Å². The van der Waals surface area contributed by atoms with Crippen molar-refractivity contribution >= 4 is 11.9 Å². The van der Waals surface area contributed by atoms with Gasteiger partial charge in [0, 0.05) is 19.6 Å².